The first kappa shape index (κ1) is 34.5. The van der Waals surface area contributed by atoms with Gasteiger partial charge in [0.2, 0.25) is 11.8 Å². The van der Waals surface area contributed by atoms with Crippen molar-refractivity contribution in [2.75, 3.05) is 31.7 Å². The molecule has 0 spiro atoms. The average Bonchev–Trinajstić information content (AvgIpc) is 2.97. The average molecular weight is 646 g/mol. The van der Waals surface area contributed by atoms with Gasteiger partial charge in [0.25, 0.3) is 10.0 Å². The van der Waals surface area contributed by atoms with Crippen molar-refractivity contribution in [3.05, 3.63) is 77.3 Å². The number of nitrogens with zero attached hydrogens (tertiary/aromatic N) is 2. The van der Waals surface area contributed by atoms with Crippen molar-refractivity contribution in [1.29, 1.82) is 0 Å². The number of halogens is 1. The number of rotatable bonds is 13. The summed E-state index contributed by atoms with van der Waals surface area (Å²) in [6.45, 7) is 8.81. The van der Waals surface area contributed by atoms with E-state index in [1.54, 1.807) is 55.5 Å². The van der Waals surface area contributed by atoms with Crippen LogP contribution in [-0.2, 0) is 26.2 Å². The van der Waals surface area contributed by atoms with Gasteiger partial charge in [0.05, 0.1) is 31.4 Å². The van der Waals surface area contributed by atoms with Crippen LogP contribution >= 0.6 is 11.6 Å². The number of sulfonamides is 1. The molecule has 0 aliphatic rings. The fraction of sp³-hybridized carbons (Fsp3) is 0.375. The van der Waals surface area contributed by atoms with Crippen LogP contribution in [0.15, 0.2) is 71.6 Å². The van der Waals surface area contributed by atoms with E-state index in [0.717, 1.165) is 4.31 Å². The Balaban J connectivity index is 2.09. The van der Waals surface area contributed by atoms with Crippen LogP contribution in [-0.4, -0.2) is 64.1 Å². The molecule has 0 aliphatic carbocycles. The maximum absolute atomic E-state index is 14.2. The van der Waals surface area contributed by atoms with E-state index in [9.17, 15) is 18.0 Å². The van der Waals surface area contributed by atoms with Gasteiger partial charge in [-0.2, -0.15) is 0 Å². The molecule has 238 valence electrons. The number of anilines is 1. The summed E-state index contributed by atoms with van der Waals surface area (Å²) >= 11 is 6.21. The second-order valence-electron chi connectivity index (χ2n) is 11.0. The van der Waals surface area contributed by atoms with Crippen LogP contribution in [0.25, 0.3) is 0 Å². The van der Waals surface area contributed by atoms with Gasteiger partial charge in [0.15, 0.2) is 11.5 Å². The minimum Gasteiger partial charge on any atom is -0.494 e. The van der Waals surface area contributed by atoms with Crippen LogP contribution in [0.5, 0.6) is 17.2 Å². The molecular weight excluding hydrogens is 606 g/mol. The first-order chi connectivity index (χ1) is 20.7. The van der Waals surface area contributed by atoms with Gasteiger partial charge in [0.1, 0.15) is 18.3 Å². The van der Waals surface area contributed by atoms with Gasteiger partial charge in [-0.15, -0.1) is 0 Å². The maximum Gasteiger partial charge on any atom is 0.264 e. The van der Waals surface area contributed by atoms with Crippen molar-refractivity contribution >= 4 is 39.1 Å². The quantitative estimate of drug-likeness (QED) is 0.269. The Labute approximate surface area is 264 Å². The van der Waals surface area contributed by atoms with Gasteiger partial charge in [-0.25, -0.2) is 8.42 Å². The molecule has 3 aromatic carbocycles. The van der Waals surface area contributed by atoms with Gasteiger partial charge in [-0.1, -0.05) is 23.7 Å². The summed E-state index contributed by atoms with van der Waals surface area (Å²) in [5.41, 5.74) is 0.351. The number of amides is 2. The fourth-order valence-electron chi connectivity index (χ4n) is 4.40. The predicted molar refractivity (Wildman–Crippen MR) is 171 cm³/mol. The number of carbonyl (C=O) groups excluding carboxylic acids is 2. The zero-order valence-electron chi connectivity index (χ0n) is 26.1. The number of nitrogens with one attached hydrogen (secondary N) is 1. The van der Waals surface area contributed by atoms with Gasteiger partial charge in [-0.05, 0) is 88.7 Å². The fourth-order valence-corrected chi connectivity index (χ4v) is 6.04. The van der Waals surface area contributed by atoms with E-state index >= 15 is 0 Å². The number of methoxy groups -OCH3 is 2. The highest BCUT2D eigenvalue weighted by Crippen LogP contribution is 2.33. The molecule has 0 radical (unpaired) electrons. The Morgan fingerprint density at radius 2 is 1.61 bits per heavy atom. The zero-order chi connectivity index (χ0) is 32.7. The highest BCUT2D eigenvalue weighted by Gasteiger charge is 2.34. The van der Waals surface area contributed by atoms with Gasteiger partial charge < -0.3 is 24.4 Å². The number of benzene rings is 3. The van der Waals surface area contributed by atoms with E-state index in [1.807, 2.05) is 27.7 Å². The Morgan fingerprint density at radius 3 is 2.18 bits per heavy atom. The van der Waals surface area contributed by atoms with Gasteiger partial charge in [0, 0.05) is 23.2 Å². The molecule has 0 saturated carbocycles. The zero-order valence-corrected chi connectivity index (χ0v) is 27.7. The van der Waals surface area contributed by atoms with Crippen molar-refractivity contribution in [1.82, 2.24) is 10.2 Å². The molecular formula is C32H40ClN3O7S. The summed E-state index contributed by atoms with van der Waals surface area (Å²) in [5.74, 6) is 0.118. The lowest BCUT2D eigenvalue weighted by molar-refractivity contribution is -0.140. The highest BCUT2D eigenvalue weighted by atomic mass is 35.5. The van der Waals surface area contributed by atoms with E-state index in [2.05, 4.69) is 5.32 Å². The molecule has 0 fully saturated rings. The summed E-state index contributed by atoms with van der Waals surface area (Å²) in [6, 6.07) is 16.6. The molecule has 3 rings (SSSR count). The Morgan fingerprint density at radius 1 is 0.955 bits per heavy atom. The topological polar surface area (TPSA) is 114 Å². The standard InChI is InChI=1S/C32H40ClN3O7S/c1-8-43-26-14-12-25(13-15-26)36(44(39,40)27-16-17-28(41-6)29(19-27)42-7)21-30(37)35(20-23-10-9-11-24(33)18-23)22(2)31(38)34-32(3,4)5/h9-19,22H,8,20-21H2,1-7H3,(H,34,38)/t22-/m0/s1. The molecule has 3 aromatic rings. The molecule has 0 bridgehead atoms. The van der Waals surface area contributed by atoms with Crippen LogP contribution in [0.4, 0.5) is 5.69 Å². The molecule has 0 aromatic heterocycles. The summed E-state index contributed by atoms with van der Waals surface area (Å²) in [4.78, 5) is 28.6. The smallest absolute Gasteiger partial charge is 0.264 e. The van der Waals surface area contributed by atoms with Crippen LogP contribution < -0.4 is 23.8 Å². The minimum atomic E-state index is -4.33. The monoisotopic (exact) mass is 645 g/mol. The molecule has 1 atom stereocenters. The van der Waals surface area contributed by atoms with Crippen LogP contribution in [0, 0.1) is 0 Å². The number of hydrogen-bond donors (Lipinski definition) is 1. The lowest BCUT2D eigenvalue weighted by Gasteiger charge is -2.33. The molecule has 1 N–H and O–H groups in total. The SMILES string of the molecule is CCOc1ccc(N(CC(=O)N(Cc2cccc(Cl)c2)[C@@H](C)C(=O)NC(C)(C)C)S(=O)(=O)c2ccc(OC)c(OC)c2)cc1. The summed E-state index contributed by atoms with van der Waals surface area (Å²) < 4.78 is 45.5. The molecule has 0 aliphatic heterocycles. The predicted octanol–water partition coefficient (Wildman–Crippen LogP) is 5.28. The third kappa shape index (κ3) is 8.79. The van der Waals surface area contributed by atoms with Crippen molar-refractivity contribution in [3.63, 3.8) is 0 Å². The normalized spacial score (nSPS) is 12.2. The van der Waals surface area contributed by atoms with Crippen LogP contribution in [0.3, 0.4) is 0 Å². The van der Waals surface area contributed by atoms with Crippen molar-refractivity contribution < 1.29 is 32.2 Å². The third-order valence-corrected chi connectivity index (χ3v) is 8.57. The Kier molecular flexibility index (Phi) is 11.5. The largest absolute Gasteiger partial charge is 0.494 e. The minimum absolute atomic E-state index is 0.0195. The molecule has 10 nitrogen and oxygen atoms in total. The first-order valence-electron chi connectivity index (χ1n) is 14.0. The summed E-state index contributed by atoms with van der Waals surface area (Å²) in [6.07, 6.45) is 0. The number of ether oxygens (including phenoxy) is 3. The molecule has 44 heavy (non-hydrogen) atoms. The maximum atomic E-state index is 14.2. The van der Waals surface area contributed by atoms with E-state index in [4.69, 9.17) is 25.8 Å². The third-order valence-electron chi connectivity index (χ3n) is 6.57. The van der Waals surface area contributed by atoms with Gasteiger partial charge in [-0.3, -0.25) is 13.9 Å². The second-order valence-corrected chi connectivity index (χ2v) is 13.3. The lowest BCUT2D eigenvalue weighted by atomic mass is 10.1. The van der Waals surface area contributed by atoms with Crippen LogP contribution in [0.1, 0.15) is 40.2 Å². The molecule has 0 saturated heterocycles. The summed E-state index contributed by atoms with van der Waals surface area (Å²) in [5, 5.41) is 3.37. The first-order valence-corrected chi connectivity index (χ1v) is 15.9. The highest BCUT2D eigenvalue weighted by molar-refractivity contribution is 7.92. The van der Waals surface area contributed by atoms with E-state index < -0.39 is 34.1 Å². The van der Waals surface area contributed by atoms with E-state index in [0.29, 0.717) is 28.7 Å². The molecule has 12 heteroatoms. The second kappa shape index (κ2) is 14.7. The van der Waals surface area contributed by atoms with E-state index in [1.165, 1.54) is 37.3 Å². The molecule has 0 heterocycles. The Bertz CT molecular complexity index is 1560. The molecule has 2 amide bonds. The van der Waals surface area contributed by atoms with Crippen molar-refractivity contribution in [2.45, 2.75) is 57.6 Å². The number of hydrogen-bond acceptors (Lipinski definition) is 7. The summed E-state index contributed by atoms with van der Waals surface area (Å²) in [7, 11) is -1.48. The molecule has 0 unspecified atom stereocenters. The van der Waals surface area contributed by atoms with Crippen molar-refractivity contribution in [3.8, 4) is 17.2 Å². The van der Waals surface area contributed by atoms with Crippen molar-refractivity contribution in [2.24, 2.45) is 0 Å². The van der Waals surface area contributed by atoms with Gasteiger partial charge >= 0.3 is 0 Å². The van der Waals surface area contributed by atoms with E-state index in [-0.39, 0.29) is 28.8 Å². The van der Waals surface area contributed by atoms with Crippen LogP contribution in [0.2, 0.25) is 5.02 Å². The Hall–Kier alpha value is -3.96. The number of carbonyl (C=O) groups is 2. The lowest BCUT2D eigenvalue weighted by Crippen LogP contribution is -2.54.